The van der Waals surface area contributed by atoms with Gasteiger partial charge in [0.05, 0.1) is 0 Å². The number of rotatable bonds is 4. The van der Waals surface area contributed by atoms with E-state index < -0.39 is 23.7 Å². The molecule has 0 aliphatic heterocycles. The van der Waals surface area contributed by atoms with Gasteiger partial charge in [-0.1, -0.05) is 6.07 Å². The van der Waals surface area contributed by atoms with E-state index in [4.69, 9.17) is 9.84 Å². The molecule has 1 aromatic heterocycles. The maximum absolute atomic E-state index is 11.6. The summed E-state index contributed by atoms with van der Waals surface area (Å²) in [5.74, 6) is -1.24. The Morgan fingerprint density at radius 1 is 1.45 bits per heavy atom. The second-order valence-corrected chi connectivity index (χ2v) is 5.27. The number of aromatic amines is 1. The number of carbonyl (C=O) groups is 2. The van der Waals surface area contributed by atoms with Crippen molar-refractivity contribution in [2.75, 3.05) is 0 Å². The van der Waals surface area contributed by atoms with Gasteiger partial charge in [-0.25, -0.2) is 9.59 Å². The molecule has 0 fully saturated rings. The van der Waals surface area contributed by atoms with E-state index in [0.29, 0.717) is 0 Å². The third-order valence-electron chi connectivity index (χ3n) is 2.31. The maximum atomic E-state index is 11.6. The fourth-order valence-electron chi connectivity index (χ4n) is 1.49. The van der Waals surface area contributed by atoms with Crippen LogP contribution in [0.4, 0.5) is 4.79 Å². The molecule has 110 valence electrons. The number of carboxylic acids is 1. The van der Waals surface area contributed by atoms with Crippen LogP contribution in [0, 0.1) is 0 Å². The van der Waals surface area contributed by atoms with Gasteiger partial charge in [-0.15, -0.1) is 0 Å². The van der Waals surface area contributed by atoms with Gasteiger partial charge in [0, 0.05) is 18.2 Å². The smallest absolute Gasteiger partial charge is 0.408 e. The van der Waals surface area contributed by atoms with E-state index in [9.17, 15) is 14.4 Å². The Morgan fingerprint density at radius 3 is 2.60 bits per heavy atom. The number of ether oxygens (including phenoxy) is 1. The van der Waals surface area contributed by atoms with E-state index in [1.165, 1.54) is 12.3 Å². The molecule has 1 rings (SSSR count). The summed E-state index contributed by atoms with van der Waals surface area (Å²) in [5.41, 5.74) is -0.835. The first-order valence-corrected chi connectivity index (χ1v) is 6.08. The maximum Gasteiger partial charge on any atom is 0.408 e. The summed E-state index contributed by atoms with van der Waals surface area (Å²) in [6.07, 6.45) is 0.491. The second kappa shape index (κ2) is 6.23. The lowest BCUT2D eigenvalue weighted by Gasteiger charge is -2.21. The van der Waals surface area contributed by atoms with Gasteiger partial charge in [-0.3, -0.25) is 4.79 Å². The Balaban J connectivity index is 2.76. The molecular formula is C13H18N2O5. The lowest BCUT2D eigenvalue weighted by atomic mass is 10.1. The zero-order valence-corrected chi connectivity index (χ0v) is 11.6. The third kappa shape index (κ3) is 5.13. The van der Waals surface area contributed by atoms with Crippen molar-refractivity contribution in [1.82, 2.24) is 10.3 Å². The Bertz CT molecular complexity index is 544. The van der Waals surface area contributed by atoms with E-state index in [-0.39, 0.29) is 17.5 Å². The molecule has 1 heterocycles. The Morgan fingerprint density at radius 2 is 2.10 bits per heavy atom. The predicted octanol–water partition coefficient (Wildman–Crippen LogP) is 0.895. The van der Waals surface area contributed by atoms with Crippen LogP contribution in [0.1, 0.15) is 26.3 Å². The lowest BCUT2D eigenvalue weighted by molar-refractivity contribution is -0.139. The molecule has 0 radical (unpaired) electrons. The van der Waals surface area contributed by atoms with Crippen molar-refractivity contribution < 1.29 is 19.4 Å². The van der Waals surface area contributed by atoms with E-state index in [2.05, 4.69) is 10.3 Å². The summed E-state index contributed by atoms with van der Waals surface area (Å²) in [6, 6.07) is 1.86. The van der Waals surface area contributed by atoms with Crippen LogP contribution >= 0.6 is 0 Å². The van der Waals surface area contributed by atoms with Gasteiger partial charge in [0.2, 0.25) is 0 Å². The number of hydrogen-bond acceptors (Lipinski definition) is 4. The summed E-state index contributed by atoms with van der Waals surface area (Å²) in [4.78, 5) is 36.6. The number of nitrogens with one attached hydrogen (secondary N) is 2. The summed E-state index contributed by atoms with van der Waals surface area (Å²) in [7, 11) is 0. The number of H-pyrrole nitrogens is 1. The molecule has 0 bridgehead atoms. The molecule has 1 atom stereocenters. The van der Waals surface area contributed by atoms with Crippen molar-refractivity contribution in [3.8, 4) is 0 Å². The van der Waals surface area contributed by atoms with Gasteiger partial charge in [0.25, 0.3) is 5.56 Å². The van der Waals surface area contributed by atoms with Crippen LogP contribution < -0.4 is 10.9 Å². The topological polar surface area (TPSA) is 108 Å². The normalized spacial score (nSPS) is 12.6. The average molecular weight is 282 g/mol. The monoisotopic (exact) mass is 282 g/mol. The first-order valence-electron chi connectivity index (χ1n) is 6.08. The van der Waals surface area contributed by atoms with Crippen molar-refractivity contribution in [2.45, 2.75) is 38.8 Å². The molecule has 0 saturated heterocycles. The highest BCUT2D eigenvalue weighted by Gasteiger charge is 2.24. The molecule has 7 heteroatoms. The standard InChI is InChI=1S/C13H18N2O5/c1-13(2,3)20-12(19)15-9(11(17)18)7-8-5-4-6-14-10(8)16/h4-6,9H,7H2,1-3H3,(H,14,16)(H,15,19)(H,17,18). The summed E-state index contributed by atoms with van der Waals surface area (Å²) >= 11 is 0. The molecule has 20 heavy (non-hydrogen) atoms. The predicted molar refractivity (Wildman–Crippen MR) is 71.6 cm³/mol. The molecular weight excluding hydrogens is 264 g/mol. The van der Waals surface area contributed by atoms with Crippen LogP contribution in [-0.4, -0.2) is 33.8 Å². The minimum Gasteiger partial charge on any atom is -0.480 e. The Kier molecular flexibility index (Phi) is 4.90. The van der Waals surface area contributed by atoms with Crippen molar-refractivity contribution in [1.29, 1.82) is 0 Å². The second-order valence-electron chi connectivity index (χ2n) is 5.27. The van der Waals surface area contributed by atoms with Crippen LogP contribution in [0.25, 0.3) is 0 Å². The molecule has 1 aromatic rings. The minimum absolute atomic E-state index is 0.120. The summed E-state index contributed by atoms with van der Waals surface area (Å²) in [6.45, 7) is 5.01. The van der Waals surface area contributed by atoms with Gasteiger partial charge in [0.1, 0.15) is 11.6 Å². The number of pyridine rings is 1. The highest BCUT2D eigenvalue weighted by molar-refractivity contribution is 5.80. The third-order valence-corrected chi connectivity index (χ3v) is 2.31. The van der Waals surface area contributed by atoms with Crippen LogP contribution in [0.3, 0.4) is 0 Å². The number of carboxylic acid groups (broad SMARTS) is 1. The van der Waals surface area contributed by atoms with Crippen molar-refractivity contribution in [3.63, 3.8) is 0 Å². The van der Waals surface area contributed by atoms with E-state index in [0.717, 1.165) is 0 Å². The zero-order chi connectivity index (χ0) is 15.3. The van der Waals surface area contributed by atoms with Gasteiger partial charge in [-0.05, 0) is 26.8 Å². The molecule has 0 aliphatic rings. The number of carbonyl (C=O) groups excluding carboxylic acids is 1. The van der Waals surface area contributed by atoms with Crippen LogP contribution in [-0.2, 0) is 16.0 Å². The van der Waals surface area contributed by atoms with E-state index in [1.54, 1.807) is 26.8 Å². The number of alkyl carbamates (subject to hydrolysis) is 1. The number of amides is 1. The van der Waals surface area contributed by atoms with Gasteiger partial charge >= 0.3 is 12.1 Å². The fraction of sp³-hybridized carbons (Fsp3) is 0.462. The fourth-order valence-corrected chi connectivity index (χ4v) is 1.49. The van der Waals surface area contributed by atoms with Crippen molar-refractivity contribution >= 4 is 12.1 Å². The quantitative estimate of drug-likeness (QED) is 0.760. The van der Waals surface area contributed by atoms with Crippen molar-refractivity contribution in [2.24, 2.45) is 0 Å². The molecule has 3 N–H and O–H groups in total. The number of aliphatic carboxylic acids is 1. The molecule has 0 aromatic carbocycles. The molecule has 1 amide bonds. The number of hydrogen-bond donors (Lipinski definition) is 3. The first-order chi connectivity index (χ1) is 9.19. The van der Waals surface area contributed by atoms with Crippen LogP contribution in [0.2, 0.25) is 0 Å². The molecule has 7 nitrogen and oxygen atoms in total. The van der Waals surface area contributed by atoms with Gasteiger partial charge in [0.15, 0.2) is 0 Å². The van der Waals surface area contributed by atoms with Gasteiger partial charge < -0.3 is 20.1 Å². The summed E-state index contributed by atoms with van der Waals surface area (Å²) in [5, 5.41) is 11.3. The highest BCUT2D eigenvalue weighted by Crippen LogP contribution is 2.07. The molecule has 0 spiro atoms. The molecule has 0 aliphatic carbocycles. The average Bonchev–Trinajstić information content (AvgIpc) is 2.28. The summed E-state index contributed by atoms with van der Waals surface area (Å²) < 4.78 is 4.99. The Labute approximate surface area is 116 Å². The van der Waals surface area contributed by atoms with E-state index >= 15 is 0 Å². The molecule has 1 unspecified atom stereocenters. The van der Waals surface area contributed by atoms with Crippen LogP contribution in [0.15, 0.2) is 23.1 Å². The Hall–Kier alpha value is -2.31. The number of aromatic nitrogens is 1. The van der Waals surface area contributed by atoms with Crippen molar-refractivity contribution in [3.05, 3.63) is 34.2 Å². The zero-order valence-electron chi connectivity index (χ0n) is 11.6. The SMILES string of the molecule is CC(C)(C)OC(=O)NC(Cc1ccc[nH]c1=O)C(=O)O. The van der Waals surface area contributed by atoms with Gasteiger partial charge in [-0.2, -0.15) is 0 Å². The highest BCUT2D eigenvalue weighted by atomic mass is 16.6. The largest absolute Gasteiger partial charge is 0.480 e. The molecule has 0 saturated carbocycles. The minimum atomic E-state index is -1.24. The van der Waals surface area contributed by atoms with E-state index in [1.807, 2.05) is 0 Å². The van der Waals surface area contributed by atoms with Crippen LogP contribution in [0.5, 0.6) is 0 Å². The first kappa shape index (κ1) is 15.7. The lowest BCUT2D eigenvalue weighted by Crippen LogP contribution is -2.45.